The molecule has 0 heterocycles. The smallest absolute Gasteiger partial charge is 0.277 e. The first-order valence-electron chi connectivity index (χ1n) is 9.34. The highest BCUT2D eigenvalue weighted by Gasteiger charge is 2.23. The molecule has 0 aliphatic carbocycles. The number of hydroxylamine groups is 1. The molecular weight excluding hydrogens is 447 g/mol. The number of aliphatic hydroxyl groups is 3. The van der Waals surface area contributed by atoms with E-state index in [0.29, 0.717) is 0 Å². The van der Waals surface area contributed by atoms with Crippen molar-refractivity contribution in [2.45, 2.75) is 6.10 Å². The zero-order valence-corrected chi connectivity index (χ0v) is 17.0. The molecular formula is C21H20F3N3O6. The van der Waals surface area contributed by atoms with Gasteiger partial charge in [-0.1, -0.05) is 11.1 Å². The van der Waals surface area contributed by atoms with Crippen molar-refractivity contribution in [2.24, 2.45) is 5.16 Å². The molecule has 0 aromatic heterocycles. The molecule has 33 heavy (non-hydrogen) atoms. The van der Waals surface area contributed by atoms with Crippen molar-refractivity contribution in [3.05, 3.63) is 58.4 Å². The van der Waals surface area contributed by atoms with Crippen molar-refractivity contribution < 1.29 is 43.0 Å². The fourth-order valence-corrected chi connectivity index (χ4v) is 2.38. The lowest BCUT2D eigenvalue weighted by molar-refractivity contribution is -0.0295. The third-order valence-electron chi connectivity index (χ3n) is 3.98. The lowest BCUT2D eigenvalue weighted by Gasteiger charge is -2.16. The summed E-state index contributed by atoms with van der Waals surface area (Å²) >= 11 is 0. The van der Waals surface area contributed by atoms with E-state index in [4.69, 9.17) is 21.5 Å². The molecule has 5 N–H and O–H groups in total. The number of benzene rings is 2. The van der Waals surface area contributed by atoms with Crippen molar-refractivity contribution in [3.8, 4) is 12.3 Å². The molecule has 2 aromatic rings. The predicted molar refractivity (Wildman–Crippen MR) is 111 cm³/mol. The average Bonchev–Trinajstić information content (AvgIpc) is 2.81. The fourth-order valence-electron chi connectivity index (χ4n) is 2.38. The van der Waals surface area contributed by atoms with E-state index in [1.165, 1.54) is 12.1 Å². The zero-order chi connectivity index (χ0) is 24.4. The van der Waals surface area contributed by atoms with E-state index in [9.17, 15) is 23.1 Å². The highest BCUT2D eigenvalue weighted by Crippen LogP contribution is 2.30. The Labute approximate surface area is 186 Å². The fraction of sp³-hybridized carbons (Fsp3) is 0.238. The van der Waals surface area contributed by atoms with E-state index in [1.807, 2.05) is 5.48 Å². The maximum absolute atomic E-state index is 14.9. The van der Waals surface area contributed by atoms with Gasteiger partial charge in [0.05, 0.1) is 36.4 Å². The molecule has 9 nitrogen and oxygen atoms in total. The first-order valence-corrected chi connectivity index (χ1v) is 9.34. The van der Waals surface area contributed by atoms with Gasteiger partial charge >= 0.3 is 0 Å². The van der Waals surface area contributed by atoms with Gasteiger partial charge in [0.1, 0.15) is 25.1 Å². The normalized spacial score (nSPS) is 11.8. The molecule has 1 atom stereocenters. The Bertz CT molecular complexity index is 1060. The minimum absolute atomic E-state index is 0.202. The van der Waals surface area contributed by atoms with E-state index in [-0.39, 0.29) is 24.5 Å². The van der Waals surface area contributed by atoms with E-state index in [1.54, 1.807) is 0 Å². The third-order valence-corrected chi connectivity index (χ3v) is 3.98. The lowest BCUT2D eigenvalue weighted by Crippen LogP contribution is -2.30. The van der Waals surface area contributed by atoms with Gasteiger partial charge in [-0.2, -0.15) is 0 Å². The van der Waals surface area contributed by atoms with Crippen LogP contribution >= 0.6 is 0 Å². The van der Waals surface area contributed by atoms with Crippen LogP contribution in [0.15, 0.2) is 29.4 Å². The molecule has 1 amide bonds. The summed E-state index contributed by atoms with van der Waals surface area (Å²) in [5.41, 5.74) is 0.0644. The minimum atomic E-state index is -1.54. The first kappa shape index (κ1) is 25.6. The Morgan fingerprint density at radius 1 is 1.24 bits per heavy atom. The number of oxime groups is 1. The lowest BCUT2D eigenvalue weighted by atomic mass is 10.1. The van der Waals surface area contributed by atoms with Crippen molar-refractivity contribution >= 4 is 23.5 Å². The number of halogens is 3. The number of amides is 1. The van der Waals surface area contributed by atoms with E-state index >= 15 is 0 Å². The number of carbonyl (C=O) groups excluding carboxylic acids is 1. The molecule has 0 spiro atoms. The highest BCUT2D eigenvalue weighted by molar-refractivity contribution is 6.01. The van der Waals surface area contributed by atoms with E-state index in [0.717, 1.165) is 18.3 Å². The van der Waals surface area contributed by atoms with Crippen LogP contribution in [0.25, 0.3) is 0 Å². The monoisotopic (exact) mass is 467 g/mol. The van der Waals surface area contributed by atoms with Gasteiger partial charge < -0.3 is 25.5 Å². The van der Waals surface area contributed by atoms with E-state index < -0.39 is 59.5 Å². The summed E-state index contributed by atoms with van der Waals surface area (Å²) in [6, 6.07) is 4.39. The van der Waals surface area contributed by atoms with Crippen LogP contribution in [0.2, 0.25) is 0 Å². The second-order valence-electron chi connectivity index (χ2n) is 6.35. The van der Waals surface area contributed by atoms with Crippen LogP contribution in [0.1, 0.15) is 21.5 Å². The molecule has 1 unspecified atom stereocenters. The van der Waals surface area contributed by atoms with Crippen LogP contribution in [0.4, 0.5) is 24.5 Å². The molecule has 0 aliphatic rings. The summed E-state index contributed by atoms with van der Waals surface area (Å²) in [7, 11) is 0. The van der Waals surface area contributed by atoms with Gasteiger partial charge in [0.15, 0.2) is 11.6 Å². The molecule has 0 bridgehead atoms. The van der Waals surface area contributed by atoms with Gasteiger partial charge in [0.2, 0.25) is 0 Å². The van der Waals surface area contributed by atoms with Crippen LogP contribution in [-0.2, 0) is 9.68 Å². The van der Waals surface area contributed by atoms with Crippen LogP contribution in [0, 0.1) is 29.8 Å². The first-order chi connectivity index (χ1) is 15.8. The van der Waals surface area contributed by atoms with Gasteiger partial charge in [0.25, 0.3) is 5.91 Å². The van der Waals surface area contributed by atoms with Crippen LogP contribution < -0.4 is 10.8 Å². The largest absolute Gasteiger partial charge is 0.394 e. The van der Waals surface area contributed by atoms with Crippen molar-refractivity contribution in [3.63, 3.8) is 0 Å². The number of aliphatic hydroxyl groups excluding tert-OH is 3. The molecule has 0 radical (unpaired) electrons. The van der Waals surface area contributed by atoms with Crippen molar-refractivity contribution in [1.29, 1.82) is 0 Å². The molecule has 0 aliphatic heterocycles. The summed E-state index contributed by atoms with van der Waals surface area (Å²) in [6.45, 7) is -1.72. The van der Waals surface area contributed by atoms with Crippen LogP contribution in [0.3, 0.4) is 0 Å². The quantitative estimate of drug-likeness (QED) is 0.145. The van der Waals surface area contributed by atoms with Crippen LogP contribution in [0.5, 0.6) is 0 Å². The van der Waals surface area contributed by atoms with Gasteiger partial charge in [-0.3, -0.25) is 9.63 Å². The molecule has 0 saturated heterocycles. The number of rotatable bonds is 11. The molecule has 176 valence electrons. The molecule has 2 aromatic carbocycles. The highest BCUT2D eigenvalue weighted by atomic mass is 19.2. The minimum Gasteiger partial charge on any atom is -0.394 e. The predicted octanol–water partition coefficient (Wildman–Crippen LogP) is 1.19. The Morgan fingerprint density at radius 3 is 2.64 bits per heavy atom. The summed E-state index contributed by atoms with van der Waals surface area (Å²) in [6.07, 6.45) is 4.67. The molecule has 0 fully saturated rings. The Hall–Kier alpha value is -3.63. The van der Waals surface area contributed by atoms with Crippen molar-refractivity contribution in [2.75, 3.05) is 31.7 Å². The maximum atomic E-state index is 14.9. The number of carbonyl (C=O) groups is 1. The number of nitrogens with one attached hydrogen (secondary N) is 2. The molecule has 2 rings (SSSR count). The van der Waals surface area contributed by atoms with Gasteiger partial charge in [-0.25, -0.2) is 18.7 Å². The van der Waals surface area contributed by atoms with Gasteiger partial charge in [-0.15, -0.1) is 6.42 Å². The Kier molecular flexibility index (Phi) is 9.64. The van der Waals surface area contributed by atoms with Crippen LogP contribution in [-0.4, -0.2) is 60.0 Å². The number of hydrogen-bond donors (Lipinski definition) is 5. The Morgan fingerprint density at radius 2 is 2.00 bits per heavy atom. The molecule has 0 saturated carbocycles. The van der Waals surface area contributed by atoms with E-state index in [2.05, 4.69) is 21.2 Å². The van der Waals surface area contributed by atoms with Crippen molar-refractivity contribution in [1.82, 2.24) is 5.48 Å². The second-order valence-corrected chi connectivity index (χ2v) is 6.35. The number of anilines is 2. The zero-order valence-electron chi connectivity index (χ0n) is 17.0. The SMILES string of the molecule is C#Cc1ccc(Nc2c(C(=O)NOCC(O)CO)cc(C=NOCCO)c(F)c2F)c(F)c1. The number of terminal acetylenes is 1. The van der Waals surface area contributed by atoms with Gasteiger partial charge in [-0.05, 0) is 24.3 Å². The third kappa shape index (κ3) is 6.93. The number of hydrogen-bond acceptors (Lipinski definition) is 8. The topological polar surface area (TPSA) is 133 Å². The van der Waals surface area contributed by atoms with Gasteiger partial charge in [0, 0.05) is 11.1 Å². The average molecular weight is 467 g/mol. The summed E-state index contributed by atoms with van der Waals surface area (Å²) in [5, 5.41) is 32.4. The summed E-state index contributed by atoms with van der Waals surface area (Å²) < 4.78 is 43.8. The number of nitrogens with zero attached hydrogens (tertiary/aromatic N) is 1. The Balaban J connectivity index is 2.45. The summed E-state index contributed by atoms with van der Waals surface area (Å²) in [4.78, 5) is 21.9. The standard InChI is InChI=1S/C21H20F3N3O6/c1-2-12-3-4-17(16(22)7-12)26-20-15(21(31)27-33-11-14(30)10-29)8-13(18(23)19(20)24)9-25-32-6-5-28/h1,3-4,7-9,14,26,28-30H,5-6,10-11H2,(H,27,31). The maximum Gasteiger partial charge on any atom is 0.277 e. The summed E-state index contributed by atoms with van der Waals surface area (Å²) in [5.74, 6) is -2.73. The second kappa shape index (κ2) is 12.4. The molecule has 12 heteroatoms.